The molecule has 0 nitrogen and oxygen atoms in total. The van der Waals surface area contributed by atoms with Crippen LogP contribution in [0.3, 0.4) is 0 Å². The number of fused-ring (bicyclic) bond motifs is 2. The molecular weight excluding hydrogens is 382 g/mol. The van der Waals surface area contributed by atoms with Crippen LogP contribution in [0.1, 0.15) is 0 Å². The molecule has 0 atom stereocenters. The van der Waals surface area contributed by atoms with Crippen molar-refractivity contribution in [2.75, 3.05) is 0 Å². The molecule has 0 fully saturated rings. The van der Waals surface area contributed by atoms with Gasteiger partial charge in [0.2, 0.25) is 0 Å². The van der Waals surface area contributed by atoms with Crippen LogP contribution >= 0.6 is 46.4 Å². The molecule has 0 aliphatic heterocycles. The molecule has 5 rings (SSSR count). The lowest BCUT2D eigenvalue weighted by molar-refractivity contribution is 1.78. The van der Waals surface area contributed by atoms with E-state index in [4.69, 9.17) is 46.4 Å². The standard InChI is InChI=1S/C20H8Cl4/c21-11-7-10-3-6-14(23)19-16(10)12(8-11)18-13(22)4-1-9-2-5-15(24)20(19)17(9)18/h1-8H. The van der Waals surface area contributed by atoms with Gasteiger partial charge in [0.25, 0.3) is 0 Å². The molecule has 0 aliphatic carbocycles. The van der Waals surface area contributed by atoms with Crippen LogP contribution in [0, 0.1) is 0 Å². The van der Waals surface area contributed by atoms with Crippen LogP contribution in [0.25, 0.3) is 43.1 Å². The Kier molecular flexibility index (Phi) is 3.12. The quantitative estimate of drug-likeness (QED) is 0.184. The molecule has 0 saturated carbocycles. The molecule has 24 heavy (non-hydrogen) atoms. The van der Waals surface area contributed by atoms with Crippen LogP contribution in [0.4, 0.5) is 0 Å². The van der Waals surface area contributed by atoms with E-state index in [1.54, 1.807) is 0 Å². The normalized spacial score (nSPS) is 12.2. The molecule has 5 aromatic carbocycles. The highest BCUT2D eigenvalue weighted by atomic mass is 35.5. The zero-order valence-corrected chi connectivity index (χ0v) is 15.2. The van der Waals surface area contributed by atoms with Crippen LogP contribution < -0.4 is 0 Å². The smallest absolute Gasteiger partial charge is 0.0491 e. The van der Waals surface area contributed by atoms with E-state index in [1.165, 1.54) is 0 Å². The van der Waals surface area contributed by atoms with E-state index < -0.39 is 0 Å². The van der Waals surface area contributed by atoms with Crippen molar-refractivity contribution in [1.82, 2.24) is 0 Å². The molecule has 0 N–H and O–H groups in total. The summed E-state index contributed by atoms with van der Waals surface area (Å²) in [6, 6.07) is 15.6. The minimum Gasteiger partial charge on any atom is -0.0843 e. The number of benzene rings is 5. The fraction of sp³-hybridized carbons (Fsp3) is 0. The molecule has 0 aliphatic rings. The summed E-state index contributed by atoms with van der Waals surface area (Å²) in [6.45, 7) is 0. The van der Waals surface area contributed by atoms with E-state index in [0.29, 0.717) is 20.1 Å². The Morgan fingerprint density at radius 3 is 1.67 bits per heavy atom. The average molecular weight is 390 g/mol. The molecule has 0 saturated heterocycles. The molecule has 0 amide bonds. The Balaban J connectivity index is 2.34. The topological polar surface area (TPSA) is 0 Å². The summed E-state index contributed by atoms with van der Waals surface area (Å²) in [4.78, 5) is 0. The minimum atomic E-state index is 0.668. The van der Waals surface area contributed by atoms with Crippen molar-refractivity contribution in [2.24, 2.45) is 0 Å². The van der Waals surface area contributed by atoms with Crippen LogP contribution in [0.2, 0.25) is 20.1 Å². The second-order valence-corrected chi connectivity index (χ2v) is 7.57. The first-order valence-corrected chi connectivity index (χ1v) is 8.90. The monoisotopic (exact) mass is 388 g/mol. The van der Waals surface area contributed by atoms with Crippen molar-refractivity contribution in [3.05, 3.63) is 68.6 Å². The summed E-state index contributed by atoms with van der Waals surface area (Å²) in [5, 5.41) is 10.7. The summed E-state index contributed by atoms with van der Waals surface area (Å²) in [6.07, 6.45) is 0. The Hall–Kier alpha value is -1.44. The molecule has 116 valence electrons. The zero-order valence-electron chi connectivity index (χ0n) is 12.1. The molecular formula is C20H8Cl4. The van der Waals surface area contributed by atoms with Gasteiger partial charge in [-0.15, -0.1) is 0 Å². The van der Waals surface area contributed by atoms with Gasteiger partial charge in [-0.1, -0.05) is 64.6 Å². The van der Waals surface area contributed by atoms with Crippen molar-refractivity contribution in [3.63, 3.8) is 0 Å². The number of rotatable bonds is 0. The van der Waals surface area contributed by atoms with Gasteiger partial charge in [0.1, 0.15) is 0 Å². The first-order chi connectivity index (χ1) is 11.6. The van der Waals surface area contributed by atoms with Crippen molar-refractivity contribution in [1.29, 1.82) is 0 Å². The van der Waals surface area contributed by atoms with Gasteiger partial charge < -0.3 is 0 Å². The zero-order chi connectivity index (χ0) is 16.6. The molecule has 0 unspecified atom stereocenters. The van der Waals surface area contributed by atoms with Gasteiger partial charge in [0.05, 0.1) is 0 Å². The van der Waals surface area contributed by atoms with Crippen LogP contribution in [0.5, 0.6) is 0 Å². The predicted molar refractivity (Wildman–Crippen MR) is 108 cm³/mol. The fourth-order valence-electron chi connectivity index (χ4n) is 3.72. The molecule has 0 bridgehead atoms. The number of hydrogen-bond donors (Lipinski definition) is 0. The van der Waals surface area contributed by atoms with Crippen molar-refractivity contribution >= 4 is 89.5 Å². The van der Waals surface area contributed by atoms with E-state index in [2.05, 4.69) is 0 Å². The summed E-state index contributed by atoms with van der Waals surface area (Å²) in [5.74, 6) is 0. The highest BCUT2D eigenvalue weighted by Gasteiger charge is 2.19. The lowest BCUT2D eigenvalue weighted by atomic mass is 9.90. The van der Waals surface area contributed by atoms with E-state index in [9.17, 15) is 0 Å². The van der Waals surface area contributed by atoms with Gasteiger partial charge in [0, 0.05) is 41.6 Å². The third-order valence-corrected chi connectivity index (χ3v) is 5.80. The van der Waals surface area contributed by atoms with Gasteiger partial charge in [-0.25, -0.2) is 0 Å². The van der Waals surface area contributed by atoms with Crippen LogP contribution in [0.15, 0.2) is 48.5 Å². The average Bonchev–Trinajstić information content (AvgIpc) is 2.56. The second kappa shape index (κ2) is 5.03. The summed E-state index contributed by atoms with van der Waals surface area (Å²) < 4.78 is 0. The fourth-order valence-corrected chi connectivity index (χ4v) is 4.71. The van der Waals surface area contributed by atoms with E-state index in [0.717, 1.165) is 43.1 Å². The molecule has 0 aromatic heterocycles. The highest BCUT2D eigenvalue weighted by Crippen LogP contribution is 2.47. The molecule has 0 radical (unpaired) electrons. The van der Waals surface area contributed by atoms with Gasteiger partial charge in [-0.3, -0.25) is 0 Å². The maximum atomic E-state index is 6.59. The molecule has 0 heterocycles. The Labute approximate surface area is 157 Å². The molecule has 0 spiro atoms. The van der Waals surface area contributed by atoms with E-state index in [1.807, 2.05) is 48.5 Å². The Morgan fingerprint density at radius 1 is 0.458 bits per heavy atom. The van der Waals surface area contributed by atoms with Crippen molar-refractivity contribution in [2.45, 2.75) is 0 Å². The highest BCUT2D eigenvalue weighted by molar-refractivity contribution is 6.51. The minimum absolute atomic E-state index is 0.668. The summed E-state index contributed by atoms with van der Waals surface area (Å²) in [7, 11) is 0. The third kappa shape index (κ3) is 1.83. The van der Waals surface area contributed by atoms with Gasteiger partial charge in [-0.2, -0.15) is 0 Å². The predicted octanol–water partition coefficient (Wildman–Crippen LogP) is 8.35. The Bertz CT molecular complexity index is 1280. The Morgan fingerprint density at radius 2 is 1.00 bits per heavy atom. The maximum Gasteiger partial charge on any atom is 0.0491 e. The van der Waals surface area contributed by atoms with Gasteiger partial charge in [-0.05, 0) is 51.9 Å². The van der Waals surface area contributed by atoms with Gasteiger partial charge >= 0.3 is 0 Å². The van der Waals surface area contributed by atoms with Crippen molar-refractivity contribution < 1.29 is 0 Å². The lowest BCUT2D eigenvalue weighted by Crippen LogP contribution is -1.89. The van der Waals surface area contributed by atoms with Gasteiger partial charge in [0.15, 0.2) is 0 Å². The number of halogens is 4. The SMILES string of the molecule is Clc1cc2ccc(Cl)c3c4c(Cl)ccc5ccc(Cl)c(c(c1)c23)c54. The molecule has 4 heteroatoms. The summed E-state index contributed by atoms with van der Waals surface area (Å²) >= 11 is 26.1. The summed E-state index contributed by atoms with van der Waals surface area (Å²) in [5.41, 5.74) is 0. The first-order valence-electron chi connectivity index (χ1n) is 7.39. The first kappa shape index (κ1) is 14.9. The van der Waals surface area contributed by atoms with Crippen LogP contribution in [-0.2, 0) is 0 Å². The second-order valence-electron chi connectivity index (χ2n) is 5.92. The third-order valence-electron chi connectivity index (χ3n) is 4.64. The largest absolute Gasteiger partial charge is 0.0843 e. The van der Waals surface area contributed by atoms with Crippen molar-refractivity contribution in [3.8, 4) is 0 Å². The van der Waals surface area contributed by atoms with E-state index in [-0.39, 0.29) is 0 Å². The maximum absolute atomic E-state index is 6.59. The number of hydrogen-bond acceptors (Lipinski definition) is 0. The van der Waals surface area contributed by atoms with Crippen LogP contribution in [-0.4, -0.2) is 0 Å². The van der Waals surface area contributed by atoms with E-state index >= 15 is 0 Å². The molecule has 5 aromatic rings. The lowest BCUT2D eigenvalue weighted by Gasteiger charge is -2.17.